The number of hydrogen-bond donors (Lipinski definition) is 1. The zero-order chi connectivity index (χ0) is 9.80. The van der Waals surface area contributed by atoms with Gasteiger partial charge in [-0.3, -0.25) is 0 Å². The molecule has 0 saturated carbocycles. The lowest BCUT2D eigenvalue weighted by Gasteiger charge is -2.16. The summed E-state index contributed by atoms with van der Waals surface area (Å²) in [7, 11) is 0. The van der Waals surface area contributed by atoms with E-state index in [9.17, 15) is 0 Å². The van der Waals surface area contributed by atoms with Crippen LogP contribution in [0, 0.1) is 0 Å². The molecule has 0 heterocycles. The van der Waals surface area contributed by atoms with E-state index in [0.717, 1.165) is 13.1 Å². The topological polar surface area (TPSA) is 12.0 Å². The molecule has 0 fully saturated rings. The molecule has 0 spiro atoms. The molecule has 0 aromatic heterocycles. The van der Waals surface area contributed by atoms with E-state index in [1.165, 1.54) is 31.2 Å². The lowest BCUT2D eigenvalue weighted by atomic mass is 9.90. The van der Waals surface area contributed by atoms with Crippen LogP contribution in [0.3, 0.4) is 0 Å². The van der Waals surface area contributed by atoms with Crippen LogP contribution in [-0.4, -0.2) is 6.54 Å². The van der Waals surface area contributed by atoms with E-state index >= 15 is 0 Å². The van der Waals surface area contributed by atoms with Gasteiger partial charge in [0.05, 0.1) is 0 Å². The first kappa shape index (κ1) is 9.72. The van der Waals surface area contributed by atoms with Gasteiger partial charge in [0.1, 0.15) is 0 Å². The summed E-state index contributed by atoms with van der Waals surface area (Å²) < 4.78 is 0. The molecule has 1 aliphatic rings. The summed E-state index contributed by atoms with van der Waals surface area (Å²) >= 11 is 0. The highest BCUT2D eigenvalue weighted by molar-refractivity contribution is 5.33. The Kier molecular flexibility index (Phi) is 3.20. The van der Waals surface area contributed by atoms with Crippen molar-refractivity contribution in [1.82, 2.24) is 5.32 Å². The zero-order valence-corrected chi connectivity index (χ0v) is 8.97. The summed E-state index contributed by atoms with van der Waals surface area (Å²) in [6.07, 6.45) is 5.32. The molecule has 0 amide bonds. The SMILES string of the molecule is CCNCc1ccc2c(c1)CCCC2. The number of rotatable bonds is 3. The fourth-order valence-electron chi connectivity index (χ4n) is 2.17. The van der Waals surface area contributed by atoms with Gasteiger partial charge in [0.2, 0.25) is 0 Å². The van der Waals surface area contributed by atoms with Crippen molar-refractivity contribution >= 4 is 0 Å². The molecule has 76 valence electrons. The van der Waals surface area contributed by atoms with Gasteiger partial charge in [-0.05, 0) is 48.9 Å². The molecule has 0 bridgehead atoms. The van der Waals surface area contributed by atoms with Gasteiger partial charge in [0.15, 0.2) is 0 Å². The van der Waals surface area contributed by atoms with E-state index in [1.807, 2.05) is 0 Å². The highest BCUT2D eigenvalue weighted by atomic mass is 14.8. The van der Waals surface area contributed by atoms with Crippen LogP contribution in [0.1, 0.15) is 36.5 Å². The Bertz CT molecular complexity index is 304. The second-order valence-corrected chi connectivity index (χ2v) is 4.09. The van der Waals surface area contributed by atoms with Crippen LogP contribution in [0.15, 0.2) is 18.2 Å². The quantitative estimate of drug-likeness (QED) is 0.771. The maximum Gasteiger partial charge on any atom is 0.0205 e. The van der Waals surface area contributed by atoms with E-state index in [2.05, 4.69) is 30.4 Å². The fraction of sp³-hybridized carbons (Fsp3) is 0.538. The van der Waals surface area contributed by atoms with Gasteiger partial charge in [0, 0.05) is 6.54 Å². The minimum Gasteiger partial charge on any atom is -0.313 e. The predicted molar refractivity (Wildman–Crippen MR) is 60.5 cm³/mol. The van der Waals surface area contributed by atoms with Gasteiger partial charge in [-0.1, -0.05) is 25.1 Å². The summed E-state index contributed by atoms with van der Waals surface area (Å²) in [5.74, 6) is 0. The van der Waals surface area contributed by atoms with E-state index in [0.29, 0.717) is 0 Å². The maximum atomic E-state index is 3.37. The predicted octanol–water partition coefficient (Wildman–Crippen LogP) is 2.67. The molecule has 1 nitrogen and oxygen atoms in total. The van der Waals surface area contributed by atoms with Crippen molar-refractivity contribution < 1.29 is 0 Å². The third-order valence-corrected chi connectivity index (χ3v) is 2.99. The van der Waals surface area contributed by atoms with Crippen molar-refractivity contribution in [3.05, 3.63) is 34.9 Å². The van der Waals surface area contributed by atoms with Gasteiger partial charge in [0.25, 0.3) is 0 Å². The second-order valence-electron chi connectivity index (χ2n) is 4.09. The summed E-state index contributed by atoms with van der Waals surface area (Å²) in [5.41, 5.74) is 4.61. The number of fused-ring (bicyclic) bond motifs is 1. The summed E-state index contributed by atoms with van der Waals surface area (Å²) in [4.78, 5) is 0. The van der Waals surface area contributed by atoms with Crippen LogP contribution >= 0.6 is 0 Å². The minimum atomic E-state index is 1.02. The van der Waals surface area contributed by atoms with Gasteiger partial charge >= 0.3 is 0 Å². The van der Waals surface area contributed by atoms with Crippen molar-refractivity contribution in [3.63, 3.8) is 0 Å². The molecular weight excluding hydrogens is 170 g/mol. The third-order valence-electron chi connectivity index (χ3n) is 2.99. The van der Waals surface area contributed by atoms with Crippen LogP contribution < -0.4 is 5.32 Å². The molecule has 0 unspecified atom stereocenters. The van der Waals surface area contributed by atoms with Gasteiger partial charge in [-0.2, -0.15) is 0 Å². The average Bonchev–Trinajstić information content (AvgIpc) is 2.26. The third kappa shape index (κ3) is 2.16. The molecule has 2 rings (SSSR count). The lowest BCUT2D eigenvalue weighted by molar-refractivity contribution is 0.679. The molecule has 1 heteroatoms. The largest absolute Gasteiger partial charge is 0.313 e. The average molecular weight is 189 g/mol. The molecule has 14 heavy (non-hydrogen) atoms. The molecule has 1 aromatic carbocycles. The van der Waals surface area contributed by atoms with Crippen molar-refractivity contribution in [2.75, 3.05) is 6.54 Å². The molecule has 1 aliphatic carbocycles. The van der Waals surface area contributed by atoms with Crippen molar-refractivity contribution in [2.45, 2.75) is 39.2 Å². The normalized spacial score (nSPS) is 15.2. The number of nitrogens with one attached hydrogen (secondary N) is 1. The van der Waals surface area contributed by atoms with Crippen LogP contribution in [0.2, 0.25) is 0 Å². The Morgan fingerprint density at radius 3 is 2.71 bits per heavy atom. The lowest BCUT2D eigenvalue weighted by Crippen LogP contribution is -2.12. The summed E-state index contributed by atoms with van der Waals surface area (Å²) in [6, 6.07) is 6.98. The van der Waals surface area contributed by atoms with E-state index < -0.39 is 0 Å². The Morgan fingerprint density at radius 2 is 1.93 bits per heavy atom. The minimum absolute atomic E-state index is 1.02. The molecule has 1 aromatic rings. The first-order valence-electron chi connectivity index (χ1n) is 5.71. The molecule has 0 saturated heterocycles. The molecule has 0 aliphatic heterocycles. The summed E-state index contributed by atoms with van der Waals surface area (Å²) in [6.45, 7) is 4.22. The maximum absolute atomic E-state index is 3.37. The van der Waals surface area contributed by atoms with Crippen molar-refractivity contribution in [3.8, 4) is 0 Å². The molecule has 1 N–H and O–H groups in total. The Labute approximate surface area is 86.5 Å². The zero-order valence-electron chi connectivity index (χ0n) is 8.97. The van der Waals surface area contributed by atoms with E-state index in [4.69, 9.17) is 0 Å². The molecule has 0 atom stereocenters. The van der Waals surface area contributed by atoms with Crippen LogP contribution in [0.25, 0.3) is 0 Å². The Hall–Kier alpha value is -0.820. The van der Waals surface area contributed by atoms with Gasteiger partial charge in [-0.25, -0.2) is 0 Å². The summed E-state index contributed by atoms with van der Waals surface area (Å²) in [5, 5.41) is 3.37. The number of aryl methyl sites for hydroxylation is 2. The van der Waals surface area contributed by atoms with Crippen LogP contribution in [0.5, 0.6) is 0 Å². The molecule has 0 radical (unpaired) electrons. The Morgan fingerprint density at radius 1 is 1.14 bits per heavy atom. The number of hydrogen-bond acceptors (Lipinski definition) is 1. The van der Waals surface area contributed by atoms with Crippen molar-refractivity contribution in [2.24, 2.45) is 0 Å². The Balaban J connectivity index is 2.12. The number of benzene rings is 1. The van der Waals surface area contributed by atoms with E-state index in [-0.39, 0.29) is 0 Å². The first-order chi connectivity index (χ1) is 6.90. The highest BCUT2D eigenvalue weighted by Crippen LogP contribution is 2.22. The fourth-order valence-corrected chi connectivity index (χ4v) is 2.17. The monoisotopic (exact) mass is 189 g/mol. The van der Waals surface area contributed by atoms with E-state index in [1.54, 1.807) is 11.1 Å². The van der Waals surface area contributed by atoms with Crippen molar-refractivity contribution in [1.29, 1.82) is 0 Å². The smallest absolute Gasteiger partial charge is 0.0205 e. The van der Waals surface area contributed by atoms with Crippen LogP contribution in [-0.2, 0) is 19.4 Å². The highest BCUT2D eigenvalue weighted by Gasteiger charge is 2.08. The standard InChI is InChI=1S/C13H19N/c1-2-14-10-11-7-8-12-5-3-4-6-13(12)9-11/h7-9,14H,2-6,10H2,1H3. The van der Waals surface area contributed by atoms with Gasteiger partial charge in [-0.15, -0.1) is 0 Å². The second kappa shape index (κ2) is 4.61. The van der Waals surface area contributed by atoms with Crippen LogP contribution in [0.4, 0.5) is 0 Å². The first-order valence-corrected chi connectivity index (χ1v) is 5.71. The van der Waals surface area contributed by atoms with Gasteiger partial charge < -0.3 is 5.32 Å². The molecular formula is C13H19N.